The smallest absolute Gasteiger partial charge is 0.342 e. The number of benzene rings is 1. The lowest BCUT2D eigenvalue weighted by Crippen LogP contribution is -2.33. The van der Waals surface area contributed by atoms with Crippen molar-refractivity contribution >= 4 is 38.1 Å². The molecule has 2 aliphatic heterocycles. The van der Waals surface area contributed by atoms with Crippen LogP contribution < -0.4 is 10.5 Å². The number of methoxy groups -OCH3 is 1. The summed E-state index contributed by atoms with van der Waals surface area (Å²) in [6, 6.07) is 0. The third kappa shape index (κ3) is 6.43. The first-order valence-corrected chi connectivity index (χ1v) is 17.2. The highest BCUT2D eigenvalue weighted by molar-refractivity contribution is 7.70. The lowest BCUT2D eigenvalue weighted by molar-refractivity contribution is -0.0484. The number of fused-ring (bicyclic) bond motifs is 2. The third-order valence-electron chi connectivity index (χ3n) is 7.51. The van der Waals surface area contributed by atoms with Crippen molar-refractivity contribution in [2.75, 3.05) is 32.0 Å². The van der Waals surface area contributed by atoms with E-state index in [0.717, 1.165) is 0 Å². The van der Waals surface area contributed by atoms with E-state index in [2.05, 4.69) is 15.0 Å². The van der Waals surface area contributed by atoms with Crippen LogP contribution in [0, 0.1) is 6.92 Å². The van der Waals surface area contributed by atoms with Crippen LogP contribution in [0.5, 0.6) is 11.5 Å². The molecule has 2 aliphatic rings. The van der Waals surface area contributed by atoms with Crippen molar-refractivity contribution in [3.63, 3.8) is 0 Å². The van der Waals surface area contributed by atoms with Crippen LogP contribution in [0.25, 0.3) is 11.2 Å². The van der Waals surface area contributed by atoms with Crippen molar-refractivity contribution in [2.45, 2.75) is 57.8 Å². The zero-order valence-electron chi connectivity index (χ0n) is 24.4. The Bertz CT molecular complexity index is 1730. The lowest BCUT2D eigenvalue weighted by Gasteiger charge is -2.20. The molecule has 0 amide bonds. The van der Waals surface area contributed by atoms with Crippen LogP contribution in [0.2, 0.25) is 0 Å². The molecule has 2 aromatic heterocycles. The molecular weight excluding hydrogens is 640 g/mol. The molecule has 45 heavy (non-hydrogen) atoms. The Hall–Kier alpha value is -3.18. The molecular formula is C25H33N5O13P2. The molecule has 4 heterocycles. The van der Waals surface area contributed by atoms with E-state index in [0.29, 0.717) is 23.4 Å². The number of imidazole rings is 1. The van der Waals surface area contributed by atoms with Gasteiger partial charge < -0.3 is 54.1 Å². The number of cyclic esters (lactones) is 1. The van der Waals surface area contributed by atoms with Crippen LogP contribution in [0.1, 0.15) is 46.0 Å². The molecule has 2 unspecified atom stereocenters. The maximum absolute atomic E-state index is 12.7. The number of esters is 1. The largest absolute Gasteiger partial charge is 0.507 e. The molecule has 0 saturated carbocycles. The van der Waals surface area contributed by atoms with Gasteiger partial charge in [-0.25, -0.2) is 19.7 Å². The number of nitrogens with zero attached hydrogens (tertiary/aromatic N) is 4. The number of nitrogen functional groups attached to an aromatic ring is 1. The van der Waals surface area contributed by atoms with Crippen LogP contribution >= 0.6 is 15.2 Å². The molecule has 0 radical (unpaired) electrons. The Morgan fingerprint density at radius 2 is 1.87 bits per heavy atom. The molecule has 1 aromatic carbocycles. The first kappa shape index (κ1) is 33.2. The van der Waals surface area contributed by atoms with E-state index < -0.39 is 70.6 Å². The number of phenols is 1. The zero-order valence-corrected chi connectivity index (χ0v) is 26.2. The number of carbonyl (C=O) groups is 1. The monoisotopic (exact) mass is 673 g/mol. The van der Waals surface area contributed by atoms with Gasteiger partial charge in [-0.05, 0) is 12.5 Å². The average molecular weight is 674 g/mol. The molecule has 7 N–H and O–H groups in total. The van der Waals surface area contributed by atoms with Crippen LogP contribution in [-0.4, -0.2) is 95.1 Å². The fraction of sp³-hybridized carbons (Fsp3) is 0.520. The third-order valence-corrected chi connectivity index (χ3v) is 11.5. The fourth-order valence-corrected chi connectivity index (χ4v) is 8.50. The van der Waals surface area contributed by atoms with E-state index >= 15 is 0 Å². The number of hydrogen-bond donors (Lipinski definition) is 6. The van der Waals surface area contributed by atoms with Gasteiger partial charge in [0.15, 0.2) is 23.6 Å². The maximum atomic E-state index is 12.7. The number of aliphatic hydroxyl groups excluding tert-OH is 2. The number of nitrogens with two attached hydrogens (primary N) is 1. The summed E-state index contributed by atoms with van der Waals surface area (Å²) in [6.45, 7) is 2.21. The number of aryl methyl sites for hydroxylation is 1. The highest BCUT2D eigenvalue weighted by Gasteiger charge is 2.46. The molecule has 0 spiro atoms. The van der Waals surface area contributed by atoms with Crippen molar-refractivity contribution < 1.29 is 62.3 Å². The topological polar surface area (TPSA) is 268 Å². The summed E-state index contributed by atoms with van der Waals surface area (Å²) in [5.41, 5.74) is 7.53. The molecule has 246 valence electrons. The van der Waals surface area contributed by atoms with E-state index in [4.69, 9.17) is 29.0 Å². The Kier molecular flexibility index (Phi) is 9.26. The number of rotatable bonds is 12. The van der Waals surface area contributed by atoms with Gasteiger partial charge in [-0.1, -0.05) is 6.92 Å². The minimum absolute atomic E-state index is 0.0308. The normalized spacial score (nSPS) is 23.9. The summed E-state index contributed by atoms with van der Waals surface area (Å²) in [4.78, 5) is 45.3. The van der Waals surface area contributed by atoms with Crippen molar-refractivity contribution in [1.82, 2.24) is 19.5 Å². The summed E-state index contributed by atoms with van der Waals surface area (Å²) in [7, 11) is -8.22. The Morgan fingerprint density at radius 1 is 1.16 bits per heavy atom. The number of anilines is 1. The Labute approximate surface area is 255 Å². The number of carbonyl (C=O) groups excluding carboxylic acids is 1. The molecule has 6 atom stereocenters. The van der Waals surface area contributed by atoms with Crippen LogP contribution in [-0.2, 0) is 47.1 Å². The number of aromatic nitrogens is 4. The number of phenolic OH excluding ortho intramolecular Hbond substituents is 1. The second kappa shape index (κ2) is 12.5. The zero-order chi connectivity index (χ0) is 32.8. The van der Waals surface area contributed by atoms with Gasteiger partial charge in [0.25, 0.3) is 0 Å². The van der Waals surface area contributed by atoms with Crippen molar-refractivity contribution in [3.05, 3.63) is 34.4 Å². The van der Waals surface area contributed by atoms with Gasteiger partial charge in [-0.3, -0.25) is 13.7 Å². The lowest BCUT2D eigenvalue weighted by atomic mass is 9.95. The number of aliphatic hydroxyl groups is 2. The summed E-state index contributed by atoms with van der Waals surface area (Å²) in [5, 5.41) is 31.9. The molecule has 20 heteroatoms. The molecule has 3 aromatic rings. The average Bonchev–Trinajstić information content (AvgIpc) is 3.65. The van der Waals surface area contributed by atoms with Crippen LogP contribution in [0.3, 0.4) is 0 Å². The minimum Gasteiger partial charge on any atom is -0.507 e. The van der Waals surface area contributed by atoms with E-state index in [-0.39, 0.29) is 46.9 Å². The van der Waals surface area contributed by atoms with E-state index in [1.807, 2.05) is 6.92 Å². The van der Waals surface area contributed by atoms with Crippen LogP contribution in [0.15, 0.2) is 6.33 Å². The first-order valence-electron chi connectivity index (χ1n) is 13.7. The van der Waals surface area contributed by atoms with Crippen molar-refractivity contribution in [1.29, 1.82) is 0 Å². The Morgan fingerprint density at radius 3 is 2.56 bits per heavy atom. The maximum Gasteiger partial charge on any atom is 0.342 e. The van der Waals surface area contributed by atoms with Gasteiger partial charge >= 0.3 is 21.2 Å². The minimum atomic E-state index is -4.82. The molecule has 18 nitrogen and oxygen atoms in total. The van der Waals surface area contributed by atoms with E-state index in [9.17, 15) is 39.0 Å². The van der Waals surface area contributed by atoms with Gasteiger partial charge in [0.05, 0.1) is 26.7 Å². The number of aromatic hydroxyl groups is 1. The predicted octanol–water partition coefficient (Wildman–Crippen LogP) is 0.887. The van der Waals surface area contributed by atoms with E-state index in [1.54, 1.807) is 6.92 Å². The van der Waals surface area contributed by atoms with Gasteiger partial charge in [0.1, 0.15) is 53.3 Å². The fourth-order valence-electron chi connectivity index (χ4n) is 5.28. The van der Waals surface area contributed by atoms with Crippen LogP contribution in [0.4, 0.5) is 5.82 Å². The van der Waals surface area contributed by atoms with Gasteiger partial charge in [0, 0.05) is 24.0 Å². The molecule has 1 saturated heterocycles. The van der Waals surface area contributed by atoms with E-state index in [1.165, 1.54) is 18.0 Å². The Balaban J connectivity index is 1.20. The second-order valence-electron chi connectivity index (χ2n) is 10.5. The molecule has 1 fully saturated rings. The SMILES string of the molecule is CCc1nc(N)c2ncn([C@@H]3O[C@H](COP(=O)(O)CP(=O)(O)OCCc4c(O)c5c(c(C)c4OC)COC5=O)[C@@H](O)[C@H]3O)c2n1. The quantitative estimate of drug-likeness (QED) is 0.115. The predicted molar refractivity (Wildman–Crippen MR) is 154 cm³/mol. The van der Waals surface area contributed by atoms with Crippen molar-refractivity contribution in [2.24, 2.45) is 0 Å². The molecule has 5 rings (SSSR count). The second-order valence-corrected chi connectivity index (χ2v) is 14.7. The number of ether oxygens (including phenoxy) is 3. The van der Waals surface area contributed by atoms with Crippen molar-refractivity contribution in [3.8, 4) is 11.5 Å². The van der Waals surface area contributed by atoms with Gasteiger partial charge in [0.2, 0.25) is 0 Å². The standard InChI is InChI=1S/C25H33N5O13P2/c1-4-15-28-22(26)17-23(29-15)30(9-27-17)24-20(33)19(32)14(43-24)8-42-45(37,38)10-44(35,36)41-6-5-12-18(31)16-13(7-40-25(16)34)11(2)21(12)39-3/h9,14,19-20,24,31-33H,4-8,10H2,1-3H3,(H,35,36)(H,37,38)(H2,26,28,29)/t14-,19-,20-,24-/m1/s1. The van der Waals surface area contributed by atoms with Gasteiger partial charge in [-0.2, -0.15) is 0 Å². The summed E-state index contributed by atoms with van der Waals surface area (Å²) in [5.74, 6) is -1.69. The van der Waals surface area contributed by atoms with Gasteiger partial charge in [-0.15, -0.1) is 0 Å². The molecule has 0 aliphatic carbocycles. The summed E-state index contributed by atoms with van der Waals surface area (Å²) < 4.78 is 52.8. The summed E-state index contributed by atoms with van der Waals surface area (Å²) in [6.07, 6.45) is -4.09. The number of hydrogen-bond acceptors (Lipinski definition) is 15. The first-order chi connectivity index (χ1) is 21.2. The molecule has 0 bridgehead atoms. The summed E-state index contributed by atoms with van der Waals surface area (Å²) >= 11 is 0. The highest BCUT2D eigenvalue weighted by atomic mass is 31.2. The highest BCUT2D eigenvalue weighted by Crippen LogP contribution is 2.58.